The number of ether oxygens (including phenoxy) is 4. The first-order valence-corrected chi connectivity index (χ1v) is 11.9. The van der Waals surface area contributed by atoms with Crippen molar-refractivity contribution < 1.29 is 33.3 Å². The van der Waals surface area contributed by atoms with Crippen molar-refractivity contribution in [3.63, 3.8) is 0 Å². The van der Waals surface area contributed by atoms with Crippen LogP contribution in [0.4, 0.5) is 0 Å². The fourth-order valence-electron chi connectivity index (χ4n) is 4.69. The molecule has 1 atom stereocenters. The fourth-order valence-corrected chi connectivity index (χ4v) is 4.69. The molecule has 3 aromatic rings. The van der Waals surface area contributed by atoms with Crippen molar-refractivity contribution in [2.75, 3.05) is 35.0 Å². The van der Waals surface area contributed by atoms with E-state index in [9.17, 15) is 14.7 Å². The van der Waals surface area contributed by atoms with Crippen LogP contribution >= 0.6 is 0 Å². The second-order valence-electron chi connectivity index (χ2n) is 8.81. The summed E-state index contributed by atoms with van der Waals surface area (Å²) in [5.41, 5.74) is 2.47. The van der Waals surface area contributed by atoms with Crippen molar-refractivity contribution in [3.8, 4) is 23.0 Å². The SMILES string of the molecule is COC(=O)C[C@H](c1cc(OC)c(OC)c(OC)c1)c1oc(CN2CCc3ccccc3C2)cc(=O)c1O. The van der Waals surface area contributed by atoms with Crippen LogP contribution in [0.2, 0.25) is 0 Å². The topological polar surface area (TPSA) is 108 Å². The molecular formula is C28H31NO8. The van der Waals surface area contributed by atoms with Crippen molar-refractivity contribution in [3.05, 3.63) is 80.9 Å². The van der Waals surface area contributed by atoms with Gasteiger partial charge in [0.25, 0.3) is 0 Å². The number of benzene rings is 2. The minimum atomic E-state index is -0.851. The van der Waals surface area contributed by atoms with Crippen LogP contribution in [-0.4, -0.2) is 51.0 Å². The van der Waals surface area contributed by atoms with Crippen LogP contribution in [0.5, 0.6) is 23.0 Å². The Balaban J connectivity index is 1.75. The third-order valence-electron chi connectivity index (χ3n) is 6.59. The molecule has 2 aromatic carbocycles. The molecule has 1 N–H and O–H groups in total. The number of esters is 1. The average Bonchev–Trinajstić information content (AvgIpc) is 2.92. The Morgan fingerprint density at radius 3 is 2.32 bits per heavy atom. The lowest BCUT2D eigenvalue weighted by atomic mass is 9.91. The van der Waals surface area contributed by atoms with Gasteiger partial charge in [-0.25, -0.2) is 0 Å². The standard InChI is InChI=1S/C28H31NO8/c1-33-23-11-19(12-24(34-2)28(23)36-4)21(14-25(31)35-3)27-26(32)22(30)13-20(37-27)16-29-10-9-17-7-5-6-8-18(17)15-29/h5-8,11-13,21,32H,9-10,14-16H2,1-4H3/t21-/m1/s1. The summed E-state index contributed by atoms with van der Waals surface area (Å²) in [4.78, 5) is 27.4. The van der Waals surface area contributed by atoms with Gasteiger partial charge in [-0.15, -0.1) is 0 Å². The molecule has 1 aliphatic heterocycles. The van der Waals surface area contributed by atoms with Crippen molar-refractivity contribution in [2.24, 2.45) is 0 Å². The molecule has 0 aliphatic carbocycles. The Hall–Kier alpha value is -3.98. The Labute approximate surface area is 215 Å². The Morgan fingerprint density at radius 2 is 1.70 bits per heavy atom. The van der Waals surface area contributed by atoms with Crippen LogP contribution in [0.1, 0.15) is 40.5 Å². The molecule has 0 saturated heterocycles. The molecule has 0 radical (unpaired) electrons. The van der Waals surface area contributed by atoms with Gasteiger partial charge in [-0.2, -0.15) is 0 Å². The molecule has 1 aromatic heterocycles. The monoisotopic (exact) mass is 509 g/mol. The second kappa shape index (κ2) is 11.4. The molecule has 4 rings (SSSR count). The highest BCUT2D eigenvalue weighted by molar-refractivity contribution is 5.71. The molecule has 0 amide bonds. The highest BCUT2D eigenvalue weighted by atomic mass is 16.5. The van der Waals surface area contributed by atoms with Crippen LogP contribution in [0.25, 0.3) is 0 Å². The van der Waals surface area contributed by atoms with Crippen molar-refractivity contribution >= 4 is 5.97 Å². The maximum atomic E-state index is 12.8. The molecule has 0 spiro atoms. The molecule has 0 fully saturated rings. The molecule has 196 valence electrons. The van der Waals surface area contributed by atoms with E-state index in [-0.39, 0.29) is 12.2 Å². The van der Waals surface area contributed by atoms with Crippen molar-refractivity contribution in [1.29, 1.82) is 0 Å². The quantitative estimate of drug-likeness (QED) is 0.433. The lowest BCUT2D eigenvalue weighted by Crippen LogP contribution is -2.30. The predicted octanol–water partition coefficient (Wildman–Crippen LogP) is 3.62. The molecular weight excluding hydrogens is 478 g/mol. The van der Waals surface area contributed by atoms with Gasteiger partial charge in [0.1, 0.15) is 5.76 Å². The molecule has 9 nitrogen and oxygen atoms in total. The second-order valence-corrected chi connectivity index (χ2v) is 8.81. The normalized spacial score (nSPS) is 13.9. The van der Waals surface area contributed by atoms with Gasteiger partial charge >= 0.3 is 5.97 Å². The zero-order valence-corrected chi connectivity index (χ0v) is 21.4. The predicted molar refractivity (Wildman–Crippen MR) is 135 cm³/mol. The van der Waals surface area contributed by atoms with E-state index in [0.29, 0.717) is 41.7 Å². The van der Waals surface area contributed by atoms with E-state index in [1.54, 1.807) is 12.1 Å². The summed E-state index contributed by atoms with van der Waals surface area (Å²) in [5.74, 6) is -0.507. The summed E-state index contributed by atoms with van der Waals surface area (Å²) in [6.07, 6.45) is 0.702. The first-order valence-electron chi connectivity index (χ1n) is 11.9. The first kappa shape index (κ1) is 26.1. The van der Waals surface area contributed by atoms with Gasteiger partial charge in [0.2, 0.25) is 16.9 Å². The molecule has 2 heterocycles. The number of carbonyl (C=O) groups is 1. The lowest BCUT2D eigenvalue weighted by molar-refractivity contribution is -0.140. The Bertz CT molecular complexity index is 1310. The van der Waals surface area contributed by atoms with E-state index < -0.39 is 23.1 Å². The van der Waals surface area contributed by atoms with Crippen LogP contribution in [-0.2, 0) is 29.0 Å². The number of aromatic hydroxyl groups is 1. The van der Waals surface area contributed by atoms with Gasteiger partial charge in [-0.05, 0) is 35.2 Å². The van der Waals surface area contributed by atoms with E-state index in [4.69, 9.17) is 23.4 Å². The smallest absolute Gasteiger partial charge is 0.306 e. The molecule has 0 bridgehead atoms. The summed E-state index contributed by atoms with van der Waals surface area (Å²) < 4.78 is 27.4. The van der Waals surface area contributed by atoms with Gasteiger partial charge in [0, 0.05) is 19.2 Å². The van der Waals surface area contributed by atoms with E-state index in [1.165, 1.54) is 45.6 Å². The zero-order chi connectivity index (χ0) is 26.5. The van der Waals surface area contributed by atoms with Gasteiger partial charge in [-0.3, -0.25) is 14.5 Å². The molecule has 1 aliphatic rings. The minimum Gasteiger partial charge on any atom is -0.502 e. The highest BCUT2D eigenvalue weighted by Crippen LogP contribution is 2.43. The Morgan fingerprint density at radius 1 is 1.03 bits per heavy atom. The largest absolute Gasteiger partial charge is 0.502 e. The number of hydrogen-bond donors (Lipinski definition) is 1. The Kier molecular flexibility index (Phi) is 8.03. The number of rotatable bonds is 9. The number of fused-ring (bicyclic) bond motifs is 1. The van der Waals surface area contributed by atoms with E-state index in [0.717, 1.165) is 13.0 Å². The summed E-state index contributed by atoms with van der Waals surface area (Å²) >= 11 is 0. The maximum Gasteiger partial charge on any atom is 0.306 e. The summed E-state index contributed by atoms with van der Waals surface area (Å²) in [5, 5.41) is 10.8. The summed E-state index contributed by atoms with van der Waals surface area (Å²) in [6, 6.07) is 12.9. The van der Waals surface area contributed by atoms with E-state index >= 15 is 0 Å². The van der Waals surface area contributed by atoms with Crippen molar-refractivity contribution in [1.82, 2.24) is 4.90 Å². The molecule has 0 saturated carbocycles. The number of methoxy groups -OCH3 is 4. The van der Waals surface area contributed by atoms with Crippen LogP contribution in [0.15, 0.2) is 51.7 Å². The van der Waals surface area contributed by atoms with Crippen LogP contribution in [0.3, 0.4) is 0 Å². The van der Waals surface area contributed by atoms with Crippen LogP contribution < -0.4 is 19.6 Å². The third kappa shape index (κ3) is 5.56. The van der Waals surface area contributed by atoms with E-state index in [1.807, 2.05) is 12.1 Å². The molecule has 37 heavy (non-hydrogen) atoms. The summed E-state index contributed by atoms with van der Waals surface area (Å²) in [6.45, 7) is 1.89. The number of hydrogen-bond acceptors (Lipinski definition) is 9. The van der Waals surface area contributed by atoms with Gasteiger partial charge < -0.3 is 28.5 Å². The van der Waals surface area contributed by atoms with Gasteiger partial charge in [0.15, 0.2) is 17.3 Å². The maximum absolute atomic E-state index is 12.8. The number of carbonyl (C=O) groups excluding carboxylic acids is 1. The minimum absolute atomic E-state index is 0.0282. The van der Waals surface area contributed by atoms with E-state index in [2.05, 4.69) is 17.0 Å². The third-order valence-corrected chi connectivity index (χ3v) is 6.59. The molecule has 0 unspecified atom stereocenters. The van der Waals surface area contributed by atoms with Crippen molar-refractivity contribution in [2.45, 2.75) is 31.8 Å². The highest BCUT2D eigenvalue weighted by Gasteiger charge is 2.29. The number of nitrogens with zero attached hydrogens (tertiary/aromatic N) is 1. The average molecular weight is 510 g/mol. The van der Waals surface area contributed by atoms with Gasteiger partial charge in [0.05, 0.1) is 47.3 Å². The van der Waals surface area contributed by atoms with Gasteiger partial charge in [-0.1, -0.05) is 24.3 Å². The van der Waals surface area contributed by atoms with Crippen LogP contribution in [0, 0.1) is 0 Å². The summed E-state index contributed by atoms with van der Waals surface area (Å²) in [7, 11) is 5.71. The fraction of sp³-hybridized carbons (Fsp3) is 0.357. The first-order chi connectivity index (χ1) is 17.9. The lowest BCUT2D eigenvalue weighted by Gasteiger charge is -2.28. The molecule has 9 heteroatoms. The zero-order valence-electron chi connectivity index (χ0n) is 21.4.